The SMILES string of the molecule is Cc1nc(Cl)c2nnc(-c3cncs3)n2c1C. The second kappa shape index (κ2) is 3.75. The van der Waals surface area contributed by atoms with Crippen LogP contribution in [0.5, 0.6) is 0 Å². The van der Waals surface area contributed by atoms with Crippen molar-refractivity contribution in [3.63, 3.8) is 0 Å². The van der Waals surface area contributed by atoms with Crippen LogP contribution in [0.2, 0.25) is 5.15 Å². The van der Waals surface area contributed by atoms with Crippen molar-refractivity contribution in [2.75, 3.05) is 0 Å². The Labute approximate surface area is 106 Å². The first-order valence-corrected chi connectivity index (χ1v) is 6.21. The average molecular weight is 266 g/mol. The molecule has 17 heavy (non-hydrogen) atoms. The van der Waals surface area contributed by atoms with Crippen molar-refractivity contribution >= 4 is 28.6 Å². The highest BCUT2D eigenvalue weighted by Gasteiger charge is 2.16. The first-order chi connectivity index (χ1) is 8.18. The van der Waals surface area contributed by atoms with E-state index in [1.165, 1.54) is 11.3 Å². The van der Waals surface area contributed by atoms with E-state index in [0.29, 0.717) is 10.8 Å². The Kier molecular flexibility index (Phi) is 2.34. The van der Waals surface area contributed by atoms with Crippen molar-refractivity contribution in [1.29, 1.82) is 0 Å². The highest BCUT2D eigenvalue weighted by molar-refractivity contribution is 7.13. The lowest BCUT2D eigenvalue weighted by Crippen LogP contribution is -2.00. The molecule has 7 heteroatoms. The van der Waals surface area contributed by atoms with E-state index in [-0.39, 0.29) is 0 Å². The number of fused-ring (bicyclic) bond motifs is 1. The van der Waals surface area contributed by atoms with E-state index >= 15 is 0 Å². The number of thiazole rings is 1. The smallest absolute Gasteiger partial charge is 0.199 e. The molecule has 86 valence electrons. The third-order valence-electron chi connectivity index (χ3n) is 2.63. The Bertz CT molecular complexity index is 688. The van der Waals surface area contributed by atoms with Gasteiger partial charge < -0.3 is 0 Å². The Balaban J connectivity index is 2.42. The molecule has 0 atom stereocenters. The van der Waals surface area contributed by atoms with Crippen LogP contribution in [0.25, 0.3) is 16.3 Å². The zero-order valence-corrected chi connectivity index (χ0v) is 10.7. The standard InChI is InChI=1S/C10H8ClN5S/c1-5-6(2)16-9(7-3-12-4-17-7)14-15-10(16)8(11)13-5/h3-4H,1-2H3. The van der Waals surface area contributed by atoms with Gasteiger partial charge in [-0.05, 0) is 13.8 Å². The van der Waals surface area contributed by atoms with Crippen LogP contribution >= 0.6 is 22.9 Å². The quantitative estimate of drug-likeness (QED) is 0.678. The third-order valence-corrected chi connectivity index (χ3v) is 3.65. The lowest BCUT2D eigenvalue weighted by Gasteiger charge is -2.05. The summed E-state index contributed by atoms with van der Waals surface area (Å²) in [6, 6.07) is 0. The molecule has 0 saturated heterocycles. The van der Waals surface area contributed by atoms with Gasteiger partial charge in [0, 0.05) is 11.9 Å². The summed E-state index contributed by atoms with van der Waals surface area (Å²) in [4.78, 5) is 9.23. The molecule has 0 aliphatic carbocycles. The number of nitrogens with zero attached hydrogens (tertiary/aromatic N) is 5. The molecule has 0 bridgehead atoms. The van der Waals surface area contributed by atoms with Crippen LogP contribution in [0, 0.1) is 13.8 Å². The zero-order chi connectivity index (χ0) is 12.0. The van der Waals surface area contributed by atoms with Gasteiger partial charge in [0.2, 0.25) is 0 Å². The molecule has 0 radical (unpaired) electrons. The van der Waals surface area contributed by atoms with Crippen LogP contribution in [0.1, 0.15) is 11.4 Å². The fraction of sp³-hybridized carbons (Fsp3) is 0.200. The normalized spacial score (nSPS) is 11.2. The first-order valence-electron chi connectivity index (χ1n) is 4.95. The minimum absolute atomic E-state index is 0.372. The molecule has 0 fully saturated rings. The van der Waals surface area contributed by atoms with Crippen molar-refractivity contribution in [3.8, 4) is 10.7 Å². The summed E-state index contributed by atoms with van der Waals surface area (Å²) in [5, 5.41) is 8.60. The minimum atomic E-state index is 0.372. The Morgan fingerprint density at radius 3 is 2.82 bits per heavy atom. The summed E-state index contributed by atoms with van der Waals surface area (Å²) in [5.74, 6) is 0.757. The maximum absolute atomic E-state index is 6.06. The van der Waals surface area contributed by atoms with Gasteiger partial charge in [-0.2, -0.15) is 0 Å². The van der Waals surface area contributed by atoms with Crippen molar-refractivity contribution in [1.82, 2.24) is 24.6 Å². The Morgan fingerprint density at radius 2 is 2.12 bits per heavy atom. The summed E-state index contributed by atoms with van der Waals surface area (Å²) in [5.41, 5.74) is 4.20. The minimum Gasteiger partial charge on any atom is -0.274 e. The fourth-order valence-corrected chi connectivity index (χ4v) is 2.50. The van der Waals surface area contributed by atoms with Gasteiger partial charge in [0.05, 0.1) is 16.1 Å². The Hall–Kier alpha value is -1.53. The third kappa shape index (κ3) is 1.52. The van der Waals surface area contributed by atoms with Gasteiger partial charge in [-0.3, -0.25) is 9.38 Å². The van der Waals surface area contributed by atoms with Gasteiger partial charge in [-0.25, -0.2) is 4.98 Å². The van der Waals surface area contributed by atoms with Crippen LogP contribution in [-0.2, 0) is 0 Å². The molecule has 0 spiro atoms. The number of aryl methyl sites for hydroxylation is 2. The number of halogens is 1. The molecule has 3 aromatic rings. The fourth-order valence-electron chi connectivity index (χ4n) is 1.66. The second-order valence-electron chi connectivity index (χ2n) is 3.62. The van der Waals surface area contributed by atoms with Gasteiger partial charge in [-0.1, -0.05) is 11.6 Å². The highest BCUT2D eigenvalue weighted by Crippen LogP contribution is 2.26. The van der Waals surface area contributed by atoms with Gasteiger partial charge in [0.15, 0.2) is 16.6 Å². The predicted molar refractivity (Wildman–Crippen MR) is 66.4 cm³/mol. The summed E-state index contributed by atoms with van der Waals surface area (Å²) >= 11 is 7.58. The molecule has 3 aromatic heterocycles. The van der Waals surface area contributed by atoms with Crippen molar-refractivity contribution in [3.05, 3.63) is 28.2 Å². The number of hydrogen-bond acceptors (Lipinski definition) is 5. The van der Waals surface area contributed by atoms with Crippen LogP contribution in [0.4, 0.5) is 0 Å². The van der Waals surface area contributed by atoms with Crippen LogP contribution in [0.15, 0.2) is 11.7 Å². The molecular formula is C10H8ClN5S. The maximum Gasteiger partial charge on any atom is 0.199 e. The largest absolute Gasteiger partial charge is 0.274 e. The van der Waals surface area contributed by atoms with Crippen LogP contribution in [0.3, 0.4) is 0 Å². The van der Waals surface area contributed by atoms with E-state index < -0.39 is 0 Å². The van der Waals surface area contributed by atoms with Gasteiger partial charge in [0.25, 0.3) is 0 Å². The Morgan fingerprint density at radius 1 is 1.29 bits per heavy atom. The lowest BCUT2D eigenvalue weighted by molar-refractivity contribution is 1.00. The number of rotatable bonds is 1. The van der Waals surface area contributed by atoms with Crippen LogP contribution in [-0.4, -0.2) is 24.6 Å². The molecule has 3 rings (SSSR count). The predicted octanol–water partition coefficient (Wildman–Crippen LogP) is 2.52. The molecule has 0 aliphatic rings. The van der Waals surface area contributed by atoms with E-state index in [1.54, 1.807) is 11.7 Å². The molecular weight excluding hydrogens is 258 g/mol. The van der Waals surface area contributed by atoms with Crippen LogP contribution < -0.4 is 0 Å². The van der Waals surface area contributed by atoms with Gasteiger partial charge in [-0.15, -0.1) is 21.5 Å². The average Bonchev–Trinajstić information content (AvgIpc) is 2.94. The molecule has 0 aromatic carbocycles. The maximum atomic E-state index is 6.06. The first kappa shape index (κ1) is 10.6. The molecule has 0 saturated carbocycles. The lowest BCUT2D eigenvalue weighted by atomic mass is 10.3. The topological polar surface area (TPSA) is 56.0 Å². The summed E-state index contributed by atoms with van der Waals surface area (Å²) in [7, 11) is 0. The van der Waals surface area contributed by atoms with Gasteiger partial charge in [0.1, 0.15) is 0 Å². The number of aromatic nitrogens is 5. The van der Waals surface area contributed by atoms with Crippen molar-refractivity contribution in [2.24, 2.45) is 0 Å². The van der Waals surface area contributed by atoms with E-state index in [9.17, 15) is 0 Å². The summed E-state index contributed by atoms with van der Waals surface area (Å²) < 4.78 is 1.91. The van der Waals surface area contributed by atoms with E-state index in [1.807, 2.05) is 18.2 Å². The van der Waals surface area contributed by atoms with Crippen molar-refractivity contribution in [2.45, 2.75) is 13.8 Å². The highest BCUT2D eigenvalue weighted by atomic mass is 35.5. The molecule has 0 N–H and O–H groups in total. The summed E-state index contributed by atoms with van der Waals surface area (Å²) in [6.07, 6.45) is 1.77. The van der Waals surface area contributed by atoms with E-state index in [4.69, 9.17) is 11.6 Å². The molecule has 5 nitrogen and oxygen atoms in total. The monoisotopic (exact) mass is 265 g/mol. The molecule has 0 aliphatic heterocycles. The molecule has 0 unspecified atom stereocenters. The second-order valence-corrected chi connectivity index (χ2v) is 4.87. The summed E-state index contributed by atoms with van der Waals surface area (Å²) in [6.45, 7) is 3.89. The van der Waals surface area contributed by atoms with E-state index in [2.05, 4.69) is 20.2 Å². The van der Waals surface area contributed by atoms with Crippen molar-refractivity contribution < 1.29 is 0 Å². The molecule has 0 amide bonds. The molecule has 3 heterocycles. The van der Waals surface area contributed by atoms with Gasteiger partial charge >= 0.3 is 0 Å². The zero-order valence-electron chi connectivity index (χ0n) is 9.18. The number of hydrogen-bond donors (Lipinski definition) is 0. The van der Waals surface area contributed by atoms with E-state index in [0.717, 1.165) is 22.1 Å².